The number of nitro groups is 1. The molecule has 11 heteroatoms. The van der Waals surface area contributed by atoms with E-state index in [1.807, 2.05) is 0 Å². The molecule has 2 N–H and O–H groups in total. The molecule has 3 aromatic carbocycles. The number of benzene rings is 3. The Kier molecular flexibility index (Phi) is 8.93. The summed E-state index contributed by atoms with van der Waals surface area (Å²) in [5.74, 6) is 0.558. The van der Waals surface area contributed by atoms with Crippen LogP contribution in [-0.4, -0.2) is 43.7 Å². The molecule has 0 aliphatic carbocycles. The Balaban J connectivity index is 1.42. The lowest BCUT2D eigenvalue weighted by molar-refractivity contribution is -0.384. The number of nitrogens with zero attached hydrogens (tertiary/aromatic N) is 2. The predicted molar refractivity (Wildman–Crippen MR) is 131 cm³/mol. The molecule has 186 valence electrons. The minimum Gasteiger partial charge on any atom is -0.493 e. The zero-order chi connectivity index (χ0) is 25.9. The molecule has 0 aromatic heterocycles. The van der Waals surface area contributed by atoms with E-state index in [1.165, 1.54) is 38.6 Å². The number of nitrogens with one attached hydrogen (secondary N) is 2. The average molecular weight is 492 g/mol. The van der Waals surface area contributed by atoms with Crippen molar-refractivity contribution in [3.63, 3.8) is 0 Å². The van der Waals surface area contributed by atoms with Gasteiger partial charge in [0.2, 0.25) is 0 Å². The van der Waals surface area contributed by atoms with Gasteiger partial charge in [0.05, 0.1) is 31.9 Å². The van der Waals surface area contributed by atoms with Gasteiger partial charge >= 0.3 is 0 Å². The minimum absolute atomic E-state index is 0.0229. The zero-order valence-corrected chi connectivity index (χ0v) is 19.6. The molecule has 0 aliphatic rings. The molecule has 3 aromatic rings. The van der Waals surface area contributed by atoms with Gasteiger partial charge in [-0.15, -0.1) is 0 Å². The number of amides is 2. The molecule has 2 amide bonds. The van der Waals surface area contributed by atoms with Crippen molar-refractivity contribution in [3.05, 3.63) is 93.5 Å². The molecule has 0 fully saturated rings. The van der Waals surface area contributed by atoms with Gasteiger partial charge in [0.15, 0.2) is 11.5 Å². The molecule has 0 saturated heterocycles. The fourth-order valence-electron chi connectivity index (χ4n) is 2.99. The molecule has 0 aliphatic heterocycles. The number of methoxy groups -OCH3 is 2. The quantitative estimate of drug-likeness (QED) is 0.238. The Morgan fingerprint density at radius 1 is 0.972 bits per heavy atom. The summed E-state index contributed by atoms with van der Waals surface area (Å²) in [6.07, 6.45) is 1.45. The van der Waals surface area contributed by atoms with Crippen LogP contribution >= 0.6 is 0 Å². The summed E-state index contributed by atoms with van der Waals surface area (Å²) < 4.78 is 16.0. The number of hydrogen-bond acceptors (Lipinski definition) is 8. The van der Waals surface area contributed by atoms with Gasteiger partial charge in [-0.05, 0) is 65.7 Å². The van der Waals surface area contributed by atoms with Gasteiger partial charge in [-0.1, -0.05) is 0 Å². The third kappa shape index (κ3) is 7.29. The molecule has 0 bridgehead atoms. The minimum atomic E-state index is -0.497. The van der Waals surface area contributed by atoms with E-state index in [2.05, 4.69) is 15.8 Å². The van der Waals surface area contributed by atoms with Gasteiger partial charge in [0, 0.05) is 17.7 Å². The van der Waals surface area contributed by atoms with Crippen LogP contribution in [0.15, 0.2) is 71.8 Å². The average Bonchev–Trinajstić information content (AvgIpc) is 2.91. The van der Waals surface area contributed by atoms with E-state index in [1.54, 1.807) is 48.5 Å². The fraction of sp³-hybridized carbons (Fsp3) is 0.160. The molecule has 0 spiro atoms. The van der Waals surface area contributed by atoms with Crippen LogP contribution in [0.2, 0.25) is 0 Å². The van der Waals surface area contributed by atoms with Gasteiger partial charge in [-0.2, -0.15) is 5.10 Å². The SMILES string of the molecule is COc1ccc(C(=O)NCC(=O)NN=Cc2ccc(OCc3ccc([N+](=O)[O-])cc3)cc2)cc1OC. The lowest BCUT2D eigenvalue weighted by Crippen LogP contribution is -2.34. The monoisotopic (exact) mass is 492 g/mol. The van der Waals surface area contributed by atoms with Crippen molar-refractivity contribution in [3.8, 4) is 17.2 Å². The molecule has 0 heterocycles. The highest BCUT2D eigenvalue weighted by molar-refractivity contribution is 5.97. The lowest BCUT2D eigenvalue weighted by Gasteiger charge is -2.09. The van der Waals surface area contributed by atoms with Gasteiger partial charge < -0.3 is 19.5 Å². The van der Waals surface area contributed by atoms with E-state index in [9.17, 15) is 19.7 Å². The number of carbonyl (C=O) groups excluding carboxylic acids is 2. The summed E-state index contributed by atoms with van der Waals surface area (Å²) in [5, 5.41) is 17.1. The first-order valence-electron chi connectivity index (χ1n) is 10.7. The standard InChI is InChI=1S/C25H24N4O7/c1-34-22-12-7-19(13-23(22)35-2)25(31)26-15-24(30)28-27-14-17-5-10-21(11-6-17)36-16-18-3-8-20(9-4-18)29(32)33/h3-14H,15-16H2,1-2H3,(H,26,31)(H,28,30). The third-order valence-electron chi connectivity index (χ3n) is 4.89. The number of nitro benzene ring substituents is 1. The van der Waals surface area contributed by atoms with E-state index in [-0.39, 0.29) is 18.8 Å². The second-order valence-electron chi connectivity index (χ2n) is 7.33. The highest BCUT2D eigenvalue weighted by atomic mass is 16.6. The maximum atomic E-state index is 12.3. The van der Waals surface area contributed by atoms with Crippen molar-refractivity contribution in [1.29, 1.82) is 0 Å². The number of rotatable bonds is 11. The van der Waals surface area contributed by atoms with Gasteiger partial charge in [0.1, 0.15) is 12.4 Å². The van der Waals surface area contributed by atoms with Crippen LogP contribution in [0.1, 0.15) is 21.5 Å². The van der Waals surface area contributed by atoms with Crippen molar-refractivity contribution >= 4 is 23.7 Å². The number of ether oxygens (including phenoxy) is 3. The Hall–Kier alpha value is -4.93. The maximum absolute atomic E-state index is 12.3. The first-order valence-corrected chi connectivity index (χ1v) is 10.7. The van der Waals surface area contributed by atoms with Crippen LogP contribution in [0.3, 0.4) is 0 Å². The van der Waals surface area contributed by atoms with Crippen LogP contribution < -0.4 is 25.0 Å². The van der Waals surface area contributed by atoms with E-state index < -0.39 is 16.7 Å². The largest absolute Gasteiger partial charge is 0.493 e. The van der Waals surface area contributed by atoms with Crippen LogP contribution in [0.4, 0.5) is 5.69 Å². The summed E-state index contributed by atoms with van der Waals surface area (Å²) in [6, 6.07) is 17.8. The maximum Gasteiger partial charge on any atom is 0.269 e. The number of non-ortho nitro benzene ring substituents is 1. The van der Waals surface area contributed by atoms with E-state index >= 15 is 0 Å². The van der Waals surface area contributed by atoms with E-state index in [4.69, 9.17) is 14.2 Å². The molecule has 3 rings (SSSR count). The van der Waals surface area contributed by atoms with Crippen LogP contribution in [0.5, 0.6) is 17.2 Å². The van der Waals surface area contributed by atoms with E-state index in [0.29, 0.717) is 28.4 Å². The number of hydrogen-bond donors (Lipinski definition) is 2. The highest BCUT2D eigenvalue weighted by Gasteiger charge is 2.11. The van der Waals surface area contributed by atoms with Gasteiger partial charge in [-0.25, -0.2) is 5.43 Å². The molecule has 0 radical (unpaired) electrons. The zero-order valence-electron chi connectivity index (χ0n) is 19.6. The molecular weight excluding hydrogens is 468 g/mol. The molecule has 11 nitrogen and oxygen atoms in total. The third-order valence-corrected chi connectivity index (χ3v) is 4.89. The molecule has 36 heavy (non-hydrogen) atoms. The smallest absolute Gasteiger partial charge is 0.269 e. The van der Waals surface area contributed by atoms with Crippen LogP contribution in [0, 0.1) is 10.1 Å². The molecule has 0 saturated carbocycles. The highest BCUT2D eigenvalue weighted by Crippen LogP contribution is 2.27. The summed E-state index contributed by atoms with van der Waals surface area (Å²) in [5.41, 5.74) is 4.20. The van der Waals surface area contributed by atoms with Crippen molar-refractivity contribution < 1.29 is 28.7 Å². The first kappa shape index (κ1) is 25.7. The number of hydrazone groups is 1. The fourth-order valence-corrected chi connectivity index (χ4v) is 2.99. The van der Waals surface area contributed by atoms with Crippen molar-refractivity contribution in [2.75, 3.05) is 20.8 Å². The van der Waals surface area contributed by atoms with E-state index in [0.717, 1.165) is 5.56 Å². The van der Waals surface area contributed by atoms with Gasteiger partial charge in [0.25, 0.3) is 17.5 Å². The Morgan fingerprint density at radius 2 is 1.67 bits per heavy atom. The van der Waals surface area contributed by atoms with Crippen molar-refractivity contribution in [1.82, 2.24) is 10.7 Å². The summed E-state index contributed by atoms with van der Waals surface area (Å²) >= 11 is 0. The first-order chi connectivity index (χ1) is 17.4. The Bertz CT molecular complexity index is 1240. The van der Waals surface area contributed by atoms with Crippen molar-refractivity contribution in [2.45, 2.75) is 6.61 Å². The second kappa shape index (κ2) is 12.5. The van der Waals surface area contributed by atoms with Gasteiger partial charge in [-0.3, -0.25) is 19.7 Å². The molecule has 0 atom stereocenters. The van der Waals surface area contributed by atoms with Crippen LogP contribution in [0.25, 0.3) is 0 Å². The molecule has 0 unspecified atom stereocenters. The summed E-state index contributed by atoms with van der Waals surface area (Å²) in [7, 11) is 2.96. The Morgan fingerprint density at radius 3 is 2.31 bits per heavy atom. The van der Waals surface area contributed by atoms with Crippen LogP contribution in [-0.2, 0) is 11.4 Å². The lowest BCUT2D eigenvalue weighted by atomic mass is 10.2. The van der Waals surface area contributed by atoms with Crippen molar-refractivity contribution in [2.24, 2.45) is 5.10 Å². The summed E-state index contributed by atoms with van der Waals surface area (Å²) in [6.45, 7) is -0.00352. The summed E-state index contributed by atoms with van der Waals surface area (Å²) in [4.78, 5) is 34.5. The molecular formula is C25H24N4O7. The normalized spacial score (nSPS) is 10.5. The number of carbonyl (C=O) groups is 2. The predicted octanol–water partition coefficient (Wildman–Crippen LogP) is 3.07. The topological polar surface area (TPSA) is 141 Å². The second-order valence-corrected chi connectivity index (χ2v) is 7.33. The Labute approximate surface area is 206 Å².